The van der Waals surface area contributed by atoms with Crippen LogP contribution in [0, 0.1) is 0 Å². The fourth-order valence-corrected chi connectivity index (χ4v) is 4.28. The summed E-state index contributed by atoms with van der Waals surface area (Å²) < 4.78 is 6.88. The van der Waals surface area contributed by atoms with Crippen LogP contribution in [0.3, 0.4) is 0 Å². The van der Waals surface area contributed by atoms with Crippen molar-refractivity contribution in [3.05, 3.63) is 71.4 Å². The topological polar surface area (TPSA) is 123 Å². The van der Waals surface area contributed by atoms with Crippen LogP contribution in [0.5, 0.6) is 0 Å². The summed E-state index contributed by atoms with van der Waals surface area (Å²) in [5.41, 5.74) is 3.25. The molecule has 9 heteroatoms. The van der Waals surface area contributed by atoms with Gasteiger partial charge in [0.2, 0.25) is 0 Å². The highest BCUT2D eigenvalue weighted by Crippen LogP contribution is 2.44. The molecule has 1 fully saturated rings. The van der Waals surface area contributed by atoms with Gasteiger partial charge in [-0.05, 0) is 35.1 Å². The SMILES string of the molecule is Cn1cc(C(=O)NC2(C(=O)O)CC2)c(NC(=O)OCC2c3ccccc3-c3ccccc32)n1. The van der Waals surface area contributed by atoms with Gasteiger partial charge in [0.15, 0.2) is 5.82 Å². The number of hydrogen-bond acceptors (Lipinski definition) is 5. The Morgan fingerprint density at radius 3 is 2.27 bits per heavy atom. The average molecular weight is 446 g/mol. The minimum absolute atomic E-state index is 0.00779. The largest absolute Gasteiger partial charge is 0.480 e. The molecular formula is C24H22N4O5. The zero-order valence-corrected chi connectivity index (χ0v) is 17.9. The Balaban J connectivity index is 1.28. The normalized spacial score (nSPS) is 15.3. The number of nitrogens with zero attached hydrogens (tertiary/aromatic N) is 2. The zero-order chi connectivity index (χ0) is 23.2. The van der Waals surface area contributed by atoms with E-state index < -0.39 is 23.5 Å². The highest BCUT2D eigenvalue weighted by Gasteiger charge is 2.52. The van der Waals surface area contributed by atoms with Crippen molar-refractivity contribution in [2.45, 2.75) is 24.3 Å². The monoisotopic (exact) mass is 446 g/mol. The molecule has 0 unspecified atom stereocenters. The van der Waals surface area contributed by atoms with Crippen molar-refractivity contribution in [3.8, 4) is 11.1 Å². The first-order chi connectivity index (χ1) is 15.9. The van der Waals surface area contributed by atoms with E-state index in [1.807, 2.05) is 36.4 Å². The minimum Gasteiger partial charge on any atom is -0.480 e. The van der Waals surface area contributed by atoms with E-state index in [-0.39, 0.29) is 23.9 Å². The van der Waals surface area contributed by atoms with Crippen molar-refractivity contribution in [1.82, 2.24) is 15.1 Å². The van der Waals surface area contributed by atoms with Gasteiger partial charge in [-0.15, -0.1) is 0 Å². The second-order valence-corrected chi connectivity index (χ2v) is 8.36. The van der Waals surface area contributed by atoms with E-state index in [4.69, 9.17) is 4.74 Å². The standard InChI is InChI=1S/C24H22N4O5/c1-28-12-18(21(29)26-24(10-11-24)22(30)31)20(27-28)25-23(32)33-13-19-16-8-4-2-6-14(16)15-7-3-5-9-17(15)19/h2-9,12,19H,10-11,13H2,1H3,(H,26,29)(H,30,31)(H,25,27,32). The van der Waals surface area contributed by atoms with Crippen molar-refractivity contribution in [3.63, 3.8) is 0 Å². The first-order valence-electron chi connectivity index (χ1n) is 10.6. The lowest BCUT2D eigenvalue weighted by atomic mass is 9.98. The number of aryl methyl sites for hydroxylation is 1. The second kappa shape index (κ2) is 7.77. The van der Waals surface area contributed by atoms with Gasteiger partial charge >= 0.3 is 12.1 Å². The molecule has 33 heavy (non-hydrogen) atoms. The second-order valence-electron chi connectivity index (χ2n) is 8.36. The van der Waals surface area contributed by atoms with Crippen LogP contribution in [0.4, 0.5) is 10.6 Å². The van der Waals surface area contributed by atoms with E-state index in [0.717, 1.165) is 22.3 Å². The van der Waals surface area contributed by atoms with Crippen LogP contribution in [-0.2, 0) is 16.6 Å². The van der Waals surface area contributed by atoms with Gasteiger partial charge in [0.05, 0.1) is 0 Å². The molecule has 1 aromatic heterocycles. The summed E-state index contributed by atoms with van der Waals surface area (Å²) >= 11 is 0. The number of rotatable bonds is 6. The van der Waals surface area contributed by atoms with Crippen molar-refractivity contribution < 1.29 is 24.2 Å². The lowest BCUT2D eigenvalue weighted by Gasteiger charge is -2.15. The van der Waals surface area contributed by atoms with Gasteiger partial charge in [-0.2, -0.15) is 5.10 Å². The van der Waals surface area contributed by atoms with E-state index in [0.29, 0.717) is 12.8 Å². The van der Waals surface area contributed by atoms with Crippen LogP contribution < -0.4 is 10.6 Å². The molecule has 0 spiro atoms. The third-order valence-corrected chi connectivity index (χ3v) is 6.15. The molecule has 2 amide bonds. The number of anilines is 1. The van der Waals surface area contributed by atoms with Crippen LogP contribution in [0.15, 0.2) is 54.7 Å². The van der Waals surface area contributed by atoms with Crippen molar-refractivity contribution in [2.75, 3.05) is 11.9 Å². The molecule has 0 saturated heterocycles. The number of aromatic nitrogens is 2. The van der Waals surface area contributed by atoms with Crippen LogP contribution in [-0.4, -0.2) is 45.0 Å². The molecular weight excluding hydrogens is 424 g/mol. The molecule has 1 saturated carbocycles. The Kier molecular flexibility index (Phi) is 4.88. The Labute approximate surface area is 189 Å². The maximum absolute atomic E-state index is 12.6. The Bertz CT molecular complexity index is 1230. The van der Waals surface area contributed by atoms with Gasteiger partial charge in [-0.25, -0.2) is 9.59 Å². The van der Waals surface area contributed by atoms with Crippen molar-refractivity contribution >= 4 is 23.8 Å². The predicted octanol–water partition coefficient (Wildman–Crippen LogP) is 3.13. The minimum atomic E-state index is -1.24. The lowest BCUT2D eigenvalue weighted by Crippen LogP contribution is -2.43. The number of carboxylic acid groups (broad SMARTS) is 1. The van der Waals surface area contributed by atoms with E-state index >= 15 is 0 Å². The quantitative estimate of drug-likeness (QED) is 0.535. The smallest absolute Gasteiger partial charge is 0.412 e. The summed E-state index contributed by atoms with van der Waals surface area (Å²) in [4.78, 5) is 36.6. The summed E-state index contributed by atoms with van der Waals surface area (Å²) in [6.07, 6.45) is 1.41. The van der Waals surface area contributed by atoms with Gasteiger partial charge in [-0.3, -0.25) is 14.8 Å². The number of carbonyl (C=O) groups excluding carboxylic acids is 2. The fraction of sp³-hybridized carbons (Fsp3) is 0.250. The summed E-state index contributed by atoms with van der Waals surface area (Å²) in [6.45, 7) is 0.121. The Hall–Kier alpha value is -4.14. The summed E-state index contributed by atoms with van der Waals surface area (Å²) in [6, 6.07) is 16.0. The van der Waals surface area contributed by atoms with Crippen molar-refractivity contribution in [2.24, 2.45) is 7.05 Å². The molecule has 168 valence electrons. The molecule has 3 N–H and O–H groups in total. The Morgan fingerprint density at radius 1 is 1.09 bits per heavy atom. The van der Waals surface area contributed by atoms with Gasteiger partial charge in [0.25, 0.3) is 5.91 Å². The summed E-state index contributed by atoms with van der Waals surface area (Å²) in [5.74, 6) is -1.78. The predicted molar refractivity (Wildman–Crippen MR) is 119 cm³/mol. The van der Waals surface area contributed by atoms with Crippen LogP contribution in [0.2, 0.25) is 0 Å². The number of amides is 2. The highest BCUT2D eigenvalue weighted by atomic mass is 16.5. The molecule has 5 rings (SSSR count). The molecule has 0 bridgehead atoms. The number of hydrogen-bond donors (Lipinski definition) is 3. The number of benzene rings is 2. The molecule has 2 aliphatic carbocycles. The maximum atomic E-state index is 12.6. The maximum Gasteiger partial charge on any atom is 0.412 e. The van der Waals surface area contributed by atoms with Crippen LogP contribution >= 0.6 is 0 Å². The van der Waals surface area contributed by atoms with Crippen LogP contribution in [0.1, 0.15) is 40.2 Å². The molecule has 2 aliphatic rings. The van der Waals surface area contributed by atoms with E-state index in [1.165, 1.54) is 10.9 Å². The number of aliphatic carboxylic acids is 1. The molecule has 3 aromatic rings. The molecule has 0 aliphatic heterocycles. The number of carboxylic acids is 1. The lowest BCUT2D eigenvalue weighted by molar-refractivity contribution is -0.140. The van der Waals surface area contributed by atoms with Crippen molar-refractivity contribution in [1.29, 1.82) is 0 Å². The van der Waals surface area contributed by atoms with Gasteiger partial charge in [0, 0.05) is 19.2 Å². The number of carbonyl (C=O) groups is 3. The molecule has 9 nitrogen and oxygen atoms in total. The average Bonchev–Trinajstić information content (AvgIpc) is 3.39. The number of fused-ring (bicyclic) bond motifs is 3. The fourth-order valence-electron chi connectivity index (χ4n) is 4.28. The summed E-state index contributed by atoms with van der Waals surface area (Å²) in [5, 5.41) is 18.5. The zero-order valence-electron chi connectivity index (χ0n) is 17.9. The molecule has 1 heterocycles. The highest BCUT2D eigenvalue weighted by molar-refractivity contribution is 6.04. The third kappa shape index (κ3) is 3.71. The van der Waals surface area contributed by atoms with E-state index in [2.05, 4.69) is 27.9 Å². The van der Waals surface area contributed by atoms with E-state index in [9.17, 15) is 19.5 Å². The summed E-state index contributed by atoms with van der Waals surface area (Å²) in [7, 11) is 1.60. The molecule has 2 aromatic carbocycles. The van der Waals surface area contributed by atoms with Crippen LogP contribution in [0.25, 0.3) is 11.1 Å². The first-order valence-corrected chi connectivity index (χ1v) is 10.6. The third-order valence-electron chi connectivity index (χ3n) is 6.15. The van der Waals surface area contributed by atoms with Gasteiger partial charge < -0.3 is 15.2 Å². The number of nitrogens with one attached hydrogen (secondary N) is 2. The first kappa shape index (κ1) is 20.7. The molecule has 0 atom stereocenters. The molecule has 0 radical (unpaired) electrons. The van der Waals surface area contributed by atoms with E-state index in [1.54, 1.807) is 7.05 Å². The Morgan fingerprint density at radius 2 is 1.70 bits per heavy atom. The van der Waals surface area contributed by atoms with Gasteiger partial charge in [-0.1, -0.05) is 48.5 Å². The number of ether oxygens (including phenoxy) is 1. The van der Waals surface area contributed by atoms with Gasteiger partial charge in [0.1, 0.15) is 17.7 Å².